The monoisotopic (exact) mass is 266 g/mol. The molecule has 4 heteroatoms. The number of anilines is 1. The number of benzene rings is 1. The minimum Gasteiger partial charge on any atom is -0.379 e. The molecule has 1 N–H and O–H groups in total. The molecule has 102 valence electrons. The lowest BCUT2D eigenvalue weighted by molar-refractivity contribution is 0.578. The maximum Gasteiger partial charge on any atom is 0.0722 e. The Kier molecular flexibility index (Phi) is 3.63. The fourth-order valence-corrected chi connectivity index (χ4v) is 2.37. The van der Waals surface area contributed by atoms with Crippen molar-refractivity contribution in [1.82, 2.24) is 14.8 Å². The van der Waals surface area contributed by atoms with E-state index < -0.39 is 0 Å². The van der Waals surface area contributed by atoms with E-state index in [0.29, 0.717) is 0 Å². The molecule has 0 radical (unpaired) electrons. The van der Waals surface area contributed by atoms with Crippen LogP contribution in [0.3, 0.4) is 0 Å². The number of nitrogens with one attached hydrogen (secondary N) is 1. The van der Waals surface area contributed by atoms with Gasteiger partial charge >= 0.3 is 0 Å². The summed E-state index contributed by atoms with van der Waals surface area (Å²) < 4.78 is 2.05. The van der Waals surface area contributed by atoms with Gasteiger partial charge in [0.05, 0.1) is 17.8 Å². The molecule has 3 aromatic rings. The largest absolute Gasteiger partial charge is 0.379 e. The second kappa shape index (κ2) is 5.74. The standard InChI is InChI=1S/C16H18N4/c1-2-11-20-13(8-10-19-20)12-18-16-7-3-6-15-14(16)5-4-9-17-15/h3-10,18H,2,11-12H2,1H3. The van der Waals surface area contributed by atoms with Gasteiger partial charge in [-0.25, -0.2) is 0 Å². The van der Waals surface area contributed by atoms with Crippen LogP contribution in [0.1, 0.15) is 19.0 Å². The van der Waals surface area contributed by atoms with Gasteiger partial charge < -0.3 is 5.32 Å². The molecule has 0 unspecified atom stereocenters. The molecule has 0 saturated heterocycles. The van der Waals surface area contributed by atoms with Gasteiger partial charge in [0.15, 0.2) is 0 Å². The highest BCUT2D eigenvalue weighted by molar-refractivity contribution is 5.91. The van der Waals surface area contributed by atoms with Crippen LogP contribution < -0.4 is 5.32 Å². The number of rotatable bonds is 5. The van der Waals surface area contributed by atoms with Crippen molar-refractivity contribution in [2.24, 2.45) is 0 Å². The highest BCUT2D eigenvalue weighted by Gasteiger charge is 2.04. The van der Waals surface area contributed by atoms with E-state index >= 15 is 0 Å². The molecule has 2 heterocycles. The fourth-order valence-electron chi connectivity index (χ4n) is 2.37. The molecular formula is C16H18N4. The molecule has 0 spiro atoms. The first-order valence-electron chi connectivity index (χ1n) is 6.97. The second-order valence-corrected chi connectivity index (χ2v) is 4.77. The number of pyridine rings is 1. The maximum absolute atomic E-state index is 4.38. The first kappa shape index (κ1) is 12.7. The molecule has 0 aliphatic carbocycles. The summed E-state index contributed by atoms with van der Waals surface area (Å²) in [5.74, 6) is 0. The highest BCUT2D eigenvalue weighted by atomic mass is 15.3. The van der Waals surface area contributed by atoms with Crippen LogP contribution in [0.25, 0.3) is 10.9 Å². The van der Waals surface area contributed by atoms with E-state index in [9.17, 15) is 0 Å². The number of aryl methyl sites for hydroxylation is 1. The van der Waals surface area contributed by atoms with Gasteiger partial charge in [0.2, 0.25) is 0 Å². The Hall–Kier alpha value is -2.36. The predicted octanol–water partition coefficient (Wildman–Crippen LogP) is 3.45. The van der Waals surface area contributed by atoms with Gasteiger partial charge in [0, 0.05) is 30.0 Å². The van der Waals surface area contributed by atoms with Crippen molar-refractivity contribution in [2.45, 2.75) is 26.4 Å². The lowest BCUT2D eigenvalue weighted by Gasteiger charge is -2.10. The lowest BCUT2D eigenvalue weighted by Crippen LogP contribution is -2.09. The van der Waals surface area contributed by atoms with Crippen molar-refractivity contribution in [3.63, 3.8) is 0 Å². The molecule has 20 heavy (non-hydrogen) atoms. The molecule has 0 aliphatic rings. The van der Waals surface area contributed by atoms with E-state index in [2.05, 4.69) is 45.2 Å². The van der Waals surface area contributed by atoms with Crippen molar-refractivity contribution in [2.75, 3.05) is 5.32 Å². The Morgan fingerprint density at radius 3 is 2.95 bits per heavy atom. The van der Waals surface area contributed by atoms with Crippen molar-refractivity contribution in [3.05, 3.63) is 54.5 Å². The van der Waals surface area contributed by atoms with Crippen molar-refractivity contribution in [1.29, 1.82) is 0 Å². The summed E-state index contributed by atoms with van der Waals surface area (Å²) in [6.45, 7) is 3.89. The molecule has 0 aliphatic heterocycles. The second-order valence-electron chi connectivity index (χ2n) is 4.77. The zero-order valence-corrected chi connectivity index (χ0v) is 11.6. The molecule has 0 amide bonds. The summed E-state index contributed by atoms with van der Waals surface area (Å²) in [7, 11) is 0. The van der Waals surface area contributed by atoms with Crippen molar-refractivity contribution < 1.29 is 0 Å². The van der Waals surface area contributed by atoms with Crippen LogP contribution in [-0.4, -0.2) is 14.8 Å². The summed E-state index contributed by atoms with van der Waals surface area (Å²) in [6.07, 6.45) is 4.77. The van der Waals surface area contributed by atoms with Crippen LogP contribution in [0.5, 0.6) is 0 Å². The minimum absolute atomic E-state index is 0.772. The number of aromatic nitrogens is 3. The maximum atomic E-state index is 4.38. The molecule has 0 bridgehead atoms. The number of hydrogen-bond acceptors (Lipinski definition) is 3. The smallest absolute Gasteiger partial charge is 0.0722 e. The molecule has 4 nitrogen and oxygen atoms in total. The topological polar surface area (TPSA) is 42.7 Å². The summed E-state index contributed by atoms with van der Waals surface area (Å²) in [6, 6.07) is 12.3. The van der Waals surface area contributed by atoms with Gasteiger partial charge in [-0.3, -0.25) is 9.67 Å². The predicted molar refractivity (Wildman–Crippen MR) is 81.6 cm³/mol. The van der Waals surface area contributed by atoms with Crippen LogP contribution in [0, 0.1) is 0 Å². The van der Waals surface area contributed by atoms with E-state index in [1.54, 1.807) is 0 Å². The van der Waals surface area contributed by atoms with Crippen molar-refractivity contribution >= 4 is 16.6 Å². The number of hydrogen-bond donors (Lipinski definition) is 1. The molecule has 3 rings (SSSR count). The Morgan fingerprint density at radius 1 is 1.10 bits per heavy atom. The quantitative estimate of drug-likeness (QED) is 0.769. The first-order chi connectivity index (χ1) is 9.88. The minimum atomic E-state index is 0.772. The zero-order valence-electron chi connectivity index (χ0n) is 11.6. The third-order valence-electron chi connectivity index (χ3n) is 3.35. The Labute approximate surface area is 118 Å². The molecule has 2 aromatic heterocycles. The summed E-state index contributed by atoms with van der Waals surface area (Å²) >= 11 is 0. The molecule has 1 aromatic carbocycles. The lowest BCUT2D eigenvalue weighted by atomic mass is 10.2. The van der Waals surface area contributed by atoms with Crippen LogP contribution >= 0.6 is 0 Å². The third kappa shape index (κ3) is 2.50. The van der Waals surface area contributed by atoms with Gasteiger partial charge in [-0.15, -0.1) is 0 Å². The highest BCUT2D eigenvalue weighted by Crippen LogP contribution is 2.21. The molecule has 0 fully saturated rings. The van der Waals surface area contributed by atoms with E-state index in [1.807, 2.05) is 30.6 Å². The normalized spacial score (nSPS) is 10.8. The van der Waals surface area contributed by atoms with E-state index in [4.69, 9.17) is 0 Å². The van der Waals surface area contributed by atoms with Gasteiger partial charge in [0.1, 0.15) is 0 Å². The Balaban J connectivity index is 1.81. The third-order valence-corrected chi connectivity index (χ3v) is 3.35. The van der Waals surface area contributed by atoms with Crippen LogP contribution in [0.15, 0.2) is 48.8 Å². The van der Waals surface area contributed by atoms with E-state index in [1.165, 1.54) is 5.69 Å². The molecular weight excluding hydrogens is 248 g/mol. The van der Waals surface area contributed by atoms with Gasteiger partial charge in [-0.2, -0.15) is 5.10 Å². The van der Waals surface area contributed by atoms with Crippen LogP contribution in [-0.2, 0) is 13.1 Å². The van der Waals surface area contributed by atoms with Gasteiger partial charge in [0.25, 0.3) is 0 Å². The van der Waals surface area contributed by atoms with E-state index in [-0.39, 0.29) is 0 Å². The summed E-state index contributed by atoms with van der Waals surface area (Å²) in [4.78, 5) is 4.38. The van der Waals surface area contributed by atoms with Crippen molar-refractivity contribution in [3.8, 4) is 0 Å². The average Bonchev–Trinajstić information content (AvgIpc) is 2.93. The summed E-state index contributed by atoms with van der Waals surface area (Å²) in [5.41, 5.74) is 3.33. The number of fused-ring (bicyclic) bond motifs is 1. The zero-order chi connectivity index (χ0) is 13.8. The number of nitrogens with zero attached hydrogens (tertiary/aromatic N) is 3. The molecule has 0 atom stereocenters. The van der Waals surface area contributed by atoms with E-state index in [0.717, 1.165) is 36.1 Å². The Morgan fingerprint density at radius 2 is 2.05 bits per heavy atom. The first-order valence-corrected chi connectivity index (χ1v) is 6.97. The Bertz CT molecular complexity index is 697. The van der Waals surface area contributed by atoms with Crippen LogP contribution in [0.4, 0.5) is 5.69 Å². The summed E-state index contributed by atoms with van der Waals surface area (Å²) in [5, 5.41) is 8.98. The fraction of sp³-hybridized carbons (Fsp3) is 0.250. The SMILES string of the molecule is CCCn1nccc1CNc1cccc2ncccc12. The van der Waals surface area contributed by atoms with Gasteiger partial charge in [-0.1, -0.05) is 13.0 Å². The molecule has 0 saturated carbocycles. The van der Waals surface area contributed by atoms with Gasteiger partial charge in [-0.05, 0) is 36.8 Å². The van der Waals surface area contributed by atoms with Crippen LogP contribution in [0.2, 0.25) is 0 Å². The average molecular weight is 266 g/mol.